The van der Waals surface area contributed by atoms with Gasteiger partial charge in [0.05, 0.1) is 0 Å². The van der Waals surface area contributed by atoms with Crippen LogP contribution in [0.3, 0.4) is 0 Å². The van der Waals surface area contributed by atoms with Gasteiger partial charge in [-0.25, -0.2) is 0 Å². The average Bonchev–Trinajstić information content (AvgIpc) is 1.38. The summed E-state index contributed by atoms with van der Waals surface area (Å²) in [5.74, 6) is 0.861. The van der Waals surface area contributed by atoms with E-state index in [1.165, 1.54) is 0 Å². The third kappa shape index (κ3) is 4.83. The standard InChI is InChI=1S/C3H9ClGe/c1-3(5)2-4/h3H,2H2,1,5H3. The van der Waals surface area contributed by atoms with Crippen LogP contribution in [0, 0.1) is 0 Å². The van der Waals surface area contributed by atoms with Crippen molar-refractivity contribution in [3.8, 4) is 0 Å². The molecule has 32 valence electrons. The van der Waals surface area contributed by atoms with Crippen LogP contribution >= 0.6 is 11.6 Å². The van der Waals surface area contributed by atoms with Crippen molar-refractivity contribution >= 4 is 28.1 Å². The van der Waals surface area contributed by atoms with Crippen LogP contribution in [0.15, 0.2) is 0 Å². The molecule has 0 radical (unpaired) electrons. The molecule has 0 spiro atoms. The Morgan fingerprint density at radius 1 is 2.00 bits per heavy atom. The van der Waals surface area contributed by atoms with E-state index >= 15 is 0 Å². The van der Waals surface area contributed by atoms with Crippen LogP contribution in [0.4, 0.5) is 0 Å². The zero-order chi connectivity index (χ0) is 4.28. The van der Waals surface area contributed by atoms with E-state index in [2.05, 4.69) is 6.92 Å². The van der Waals surface area contributed by atoms with Gasteiger partial charge in [-0.2, -0.15) is 0 Å². The molecule has 0 amide bonds. The van der Waals surface area contributed by atoms with Crippen molar-refractivity contribution in [1.29, 1.82) is 0 Å². The molecule has 0 bridgehead atoms. The molecular weight excluding hydrogens is 144 g/mol. The summed E-state index contributed by atoms with van der Waals surface area (Å²) in [6, 6.07) is 0. The zero-order valence-corrected chi connectivity index (χ0v) is 8.61. The first-order valence-corrected chi connectivity index (χ1v) is 4.79. The Morgan fingerprint density at radius 2 is 2.20 bits per heavy atom. The molecule has 2 heteroatoms. The Labute approximate surface area is 46.1 Å². The molecule has 0 aliphatic rings. The normalized spacial score (nSPS) is 15.6. The maximum absolute atomic E-state index is 5.38. The second kappa shape index (κ2) is 3.04. The molecule has 1 unspecified atom stereocenters. The van der Waals surface area contributed by atoms with Gasteiger partial charge in [-0.3, -0.25) is 0 Å². The molecule has 0 heterocycles. The summed E-state index contributed by atoms with van der Waals surface area (Å²) >= 11 is 6.32. The Balaban J connectivity index is 2.54. The summed E-state index contributed by atoms with van der Waals surface area (Å²) < 4.78 is 0.837. The number of rotatable bonds is 1. The monoisotopic (exact) mass is 154 g/mol. The molecule has 0 saturated carbocycles. The molecule has 0 saturated heterocycles. The molecule has 0 N–H and O–H groups in total. The van der Waals surface area contributed by atoms with E-state index in [4.69, 9.17) is 11.6 Å². The van der Waals surface area contributed by atoms with Crippen molar-refractivity contribution in [2.24, 2.45) is 0 Å². The zero-order valence-electron chi connectivity index (χ0n) is 3.66. The molecule has 0 fully saturated rings. The fourth-order valence-corrected chi connectivity index (χ4v) is 0. The van der Waals surface area contributed by atoms with E-state index in [0.717, 1.165) is 27.1 Å². The van der Waals surface area contributed by atoms with Gasteiger partial charge >= 0.3 is 45.7 Å². The molecule has 0 aromatic carbocycles. The van der Waals surface area contributed by atoms with Crippen LogP contribution in [0.25, 0.3) is 0 Å². The second-order valence-corrected chi connectivity index (χ2v) is 5.99. The number of hydrogen-bond acceptors (Lipinski definition) is 0. The molecule has 0 aliphatic heterocycles. The van der Waals surface area contributed by atoms with Crippen LogP contribution in [0.1, 0.15) is 6.92 Å². The Kier molecular flexibility index (Phi) is 3.55. The summed E-state index contributed by atoms with van der Waals surface area (Å²) in [6.07, 6.45) is 0. The van der Waals surface area contributed by atoms with E-state index in [-0.39, 0.29) is 0 Å². The minimum atomic E-state index is 0.837. The molecule has 0 aromatic rings. The fourth-order valence-electron chi connectivity index (χ4n) is 0. The van der Waals surface area contributed by atoms with Crippen LogP contribution in [0.5, 0.6) is 0 Å². The van der Waals surface area contributed by atoms with Crippen molar-refractivity contribution in [2.45, 2.75) is 11.7 Å². The third-order valence-corrected chi connectivity index (χ3v) is 2.87. The van der Waals surface area contributed by atoms with E-state index in [1.807, 2.05) is 0 Å². The summed E-state index contributed by atoms with van der Waals surface area (Å²) in [5, 5.41) is 0. The van der Waals surface area contributed by atoms with Gasteiger partial charge in [0.2, 0.25) is 0 Å². The van der Waals surface area contributed by atoms with Crippen molar-refractivity contribution in [3.05, 3.63) is 0 Å². The quantitative estimate of drug-likeness (QED) is 0.378. The van der Waals surface area contributed by atoms with E-state index in [9.17, 15) is 0 Å². The van der Waals surface area contributed by atoms with Crippen LogP contribution in [-0.2, 0) is 0 Å². The second-order valence-electron chi connectivity index (χ2n) is 1.55. The topological polar surface area (TPSA) is 0 Å². The van der Waals surface area contributed by atoms with Gasteiger partial charge in [0, 0.05) is 0 Å². The van der Waals surface area contributed by atoms with Gasteiger partial charge < -0.3 is 0 Å². The molecule has 0 aromatic heterocycles. The third-order valence-electron chi connectivity index (χ3n) is 0.309. The summed E-state index contributed by atoms with van der Waals surface area (Å²) in [4.78, 5) is 0. The van der Waals surface area contributed by atoms with Gasteiger partial charge in [-0.05, 0) is 0 Å². The maximum atomic E-state index is 5.38. The van der Waals surface area contributed by atoms with Crippen molar-refractivity contribution in [2.75, 3.05) is 5.88 Å². The SMILES string of the molecule is C[CH]([GeH3])CCl. The number of alkyl halides is 1. The van der Waals surface area contributed by atoms with Gasteiger partial charge in [-0.1, -0.05) is 0 Å². The molecule has 0 rings (SSSR count). The van der Waals surface area contributed by atoms with Crippen LogP contribution in [-0.4, -0.2) is 22.4 Å². The molecule has 0 nitrogen and oxygen atoms in total. The summed E-state index contributed by atoms with van der Waals surface area (Å²) in [6.45, 7) is 2.17. The first kappa shape index (κ1) is 5.83. The van der Waals surface area contributed by atoms with Gasteiger partial charge in [-0.15, -0.1) is 0 Å². The molecular formula is C3H9ClGe. The van der Waals surface area contributed by atoms with E-state index in [1.54, 1.807) is 0 Å². The van der Waals surface area contributed by atoms with Gasteiger partial charge in [0.25, 0.3) is 0 Å². The Bertz CT molecular complexity index is 20.9. The van der Waals surface area contributed by atoms with E-state index in [0.29, 0.717) is 0 Å². The van der Waals surface area contributed by atoms with Crippen molar-refractivity contribution in [3.63, 3.8) is 0 Å². The number of halogens is 1. The summed E-state index contributed by atoms with van der Waals surface area (Å²) in [7, 11) is 0. The first-order valence-electron chi connectivity index (χ1n) is 1.83. The molecule has 1 atom stereocenters. The van der Waals surface area contributed by atoms with E-state index < -0.39 is 0 Å². The first-order chi connectivity index (χ1) is 2.27. The van der Waals surface area contributed by atoms with Gasteiger partial charge in [0.15, 0.2) is 0 Å². The average molecular weight is 153 g/mol. The predicted octanol–water partition coefficient (Wildman–Crippen LogP) is 0.399. The van der Waals surface area contributed by atoms with Gasteiger partial charge in [0.1, 0.15) is 0 Å². The van der Waals surface area contributed by atoms with Crippen molar-refractivity contribution < 1.29 is 0 Å². The van der Waals surface area contributed by atoms with Crippen molar-refractivity contribution in [1.82, 2.24) is 0 Å². The predicted molar refractivity (Wildman–Crippen MR) is 30.1 cm³/mol. The molecule has 5 heavy (non-hydrogen) atoms. The van der Waals surface area contributed by atoms with Crippen LogP contribution < -0.4 is 0 Å². The Morgan fingerprint density at radius 3 is 2.20 bits per heavy atom. The van der Waals surface area contributed by atoms with Crippen LogP contribution in [0.2, 0.25) is 4.75 Å². The molecule has 0 aliphatic carbocycles. The fraction of sp³-hybridized carbons (Fsp3) is 1.00. The minimum absolute atomic E-state index is 0.837. The summed E-state index contributed by atoms with van der Waals surface area (Å²) in [5.41, 5.74) is 0. The number of hydrogen-bond donors (Lipinski definition) is 0. The Hall–Kier alpha value is 0.833.